The van der Waals surface area contributed by atoms with Crippen molar-refractivity contribution in [2.45, 2.75) is 31.7 Å². The number of nitrogen functional groups attached to an aromatic ring is 1. The van der Waals surface area contributed by atoms with E-state index in [2.05, 4.69) is 20.3 Å². The molecule has 0 aliphatic heterocycles. The molecule has 33 heavy (non-hydrogen) atoms. The number of carbonyl (C=O) groups excluding carboxylic acids is 1. The van der Waals surface area contributed by atoms with Crippen LogP contribution >= 0.6 is 0 Å². The van der Waals surface area contributed by atoms with Gasteiger partial charge in [-0.1, -0.05) is 12.1 Å². The Balaban J connectivity index is 0.00000272. The minimum absolute atomic E-state index is 0. The Morgan fingerprint density at radius 1 is 1.09 bits per heavy atom. The maximum absolute atomic E-state index is 12.3. The topological polar surface area (TPSA) is 191 Å². The van der Waals surface area contributed by atoms with E-state index < -0.39 is 23.9 Å². The number of rotatable bonds is 9. The van der Waals surface area contributed by atoms with Gasteiger partial charge in [-0.15, -0.1) is 0 Å². The van der Waals surface area contributed by atoms with Gasteiger partial charge in [0.25, 0.3) is 11.5 Å². The molecule has 0 aliphatic carbocycles. The maximum Gasteiger partial charge on any atom is 0.326 e. The molecule has 2 radical (unpaired) electrons. The summed E-state index contributed by atoms with van der Waals surface area (Å²) in [5, 5.41) is 20.6. The smallest absolute Gasteiger partial charge is 0.326 e. The summed E-state index contributed by atoms with van der Waals surface area (Å²) in [4.78, 5) is 55.7. The average Bonchev–Trinajstić information content (AvgIpc) is 3.12. The van der Waals surface area contributed by atoms with Gasteiger partial charge in [-0.2, -0.15) is 4.98 Å². The molecule has 1 aromatic carbocycles. The third-order valence-electron chi connectivity index (χ3n) is 4.79. The molecule has 0 aliphatic rings. The molecule has 13 heteroatoms. The number of carboxylic acids is 2. The molecule has 164 valence electrons. The molecule has 2 aromatic heterocycles. The Kier molecular flexibility index (Phi) is 11.3. The number of carbonyl (C=O) groups is 3. The second-order valence-corrected chi connectivity index (χ2v) is 6.98. The maximum atomic E-state index is 12.3. The molecule has 0 bridgehead atoms. The molecule has 0 spiro atoms. The number of nitrogens with zero attached hydrogens (tertiary/aromatic N) is 1. The van der Waals surface area contributed by atoms with Gasteiger partial charge in [0.05, 0.1) is 5.39 Å². The summed E-state index contributed by atoms with van der Waals surface area (Å²) in [5.74, 6) is -3.00. The number of aromatic amines is 2. The van der Waals surface area contributed by atoms with E-state index in [9.17, 15) is 19.2 Å². The van der Waals surface area contributed by atoms with E-state index in [1.54, 1.807) is 30.5 Å². The number of fused-ring (bicyclic) bond motifs is 1. The zero-order valence-corrected chi connectivity index (χ0v) is 22.3. The molecule has 3 aromatic rings. The van der Waals surface area contributed by atoms with Crippen molar-refractivity contribution in [2.24, 2.45) is 0 Å². The van der Waals surface area contributed by atoms with Crippen molar-refractivity contribution >= 4 is 93.9 Å². The summed E-state index contributed by atoms with van der Waals surface area (Å²) in [6, 6.07) is 5.30. The summed E-state index contributed by atoms with van der Waals surface area (Å²) < 4.78 is 0. The zero-order valence-electron chi connectivity index (χ0n) is 18.3. The van der Waals surface area contributed by atoms with Gasteiger partial charge in [-0.25, -0.2) is 4.79 Å². The summed E-state index contributed by atoms with van der Waals surface area (Å²) in [6.07, 6.45) is 2.27. The predicted molar refractivity (Wildman–Crippen MR) is 122 cm³/mol. The minimum atomic E-state index is -1.30. The van der Waals surface area contributed by atoms with Gasteiger partial charge in [0.1, 0.15) is 11.7 Å². The standard InChI is InChI=1S/C20H21N5O6.2Na/c21-20-24-16-15(18(29)25-20)12(9-22-16)6-3-10-1-4-11(5-2-10)17(28)23-13(19(30)31)7-8-14(26)27;;/h1-2,4-5,9,13H,3,6-8H2,(H,23,28)(H,26,27)(H,30,31)(H4,21,22,24,25,29);;/t13-;;/m0../s1. The van der Waals surface area contributed by atoms with Gasteiger partial charge in [0.2, 0.25) is 5.95 Å². The molecule has 1 atom stereocenters. The second-order valence-electron chi connectivity index (χ2n) is 6.98. The fourth-order valence-corrected chi connectivity index (χ4v) is 3.19. The van der Waals surface area contributed by atoms with Crippen molar-refractivity contribution in [1.82, 2.24) is 20.3 Å². The molecule has 0 fully saturated rings. The van der Waals surface area contributed by atoms with Crippen molar-refractivity contribution < 1.29 is 24.6 Å². The number of benzene rings is 1. The first-order valence-electron chi connectivity index (χ1n) is 9.44. The molecule has 0 saturated heterocycles. The van der Waals surface area contributed by atoms with Gasteiger partial charge in [-0.3, -0.25) is 19.4 Å². The first-order valence-corrected chi connectivity index (χ1v) is 9.44. The van der Waals surface area contributed by atoms with Crippen LogP contribution < -0.4 is 16.6 Å². The number of nitrogens with one attached hydrogen (secondary N) is 3. The van der Waals surface area contributed by atoms with E-state index in [-0.39, 0.29) is 89.0 Å². The molecule has 3 rings (SSSR count). The van der Waals surface area contributed by atoms with Crippen LogP contribution in [0.1, 0.15) is 34.3 Å². The molecule has 11 nitrogen and oxygen atoms in total. The van der Waals surface area contributed by atoms with E-state index in [1.165, 1.54) is 0 Å². The molecule has 0 unspecified atom stereocenters. The number of aromatic nitrogens is 3. The SMILES string of the molecule is Nc1nc2[nH]cc(CCc3ccc(C(=O)N[C@@H](CCC(=O)O)C(=O)O)cc3)c2c(=O)[nH]1.[Na].[Na]. The van der Waals surface area contributed by atoms with Crippen LogP contribution in [0.5, 0.6) is 0 Å². The average molecular weight is 473 g/mol. The van der Waals surface area contributed by atoms with Crippen LogP contribution in [0.2, 0.25) is 0 Å². The molecular formula is C20H21N5Na2O6. The van der Waals surface area contributed by atoms with Crippen molar-refractivity contribution in [3.05, 3.63) is 57.5 Å². The molecule has 7 N–H and O–H groups in total. The number of anilines is 1. The van der Waals surface area contributed by atoms with Crippen LogP contribution in [0.4, 0.5) is 5.95 Å². The monoisotopic (exact) mass is 473 g/mol. The van der Waals surface area contributed by atoms with E-state index in [0.717, 1.165) is 11.1 Å². The van der Waals surface area contributed by atoms with Crippen LogP contribution in [0, 0.1) is 0 Å². The number of carboxylic acid groups (broad SMARTS) is 2. The fourth-order valence-electron chi connectivity index (χ4n) is 3.19. The van der Waals surface area contributed by atoms with Crippen molar-refractivity contribution in [3.8, 4) is 0 Å². The molecule has 1 amide bonds. The predicted octanol–water partition coefficient (Wildman–Crippen LogP) is -0.0952. The largest absolute Gasteiger partial charge is 0.481 e. The fraction of sp³-hybridized carbons (Fsp3) is 0.250. The first-order chi connectivity index (χ1) is 14.7. The summed E-state index contributed by atoms with van der Waals surface area (Å²) in [6.45, 7) is 0. The number of aliphatic carboxylic acids is 2. The Bertz CT molecular complexity index is 1190. The van der Waals surface area contributed by atoms with Gasteiger partial charge in [0.15, 0.2) is 0 Å². The van der Waals surface area contributed by atoms with Crippen LogP contribution in [0.15, 0.2) is 35.3 Å². The molecular weight excluding hydrogens is 452 g/mol. The Labute approximate surface area is 232 Å². The normalized spacial score (nSPS) is 11.2. The van der Waals surface area contributed by atoms with E-state index >= 15 is 0 Å². The number of nitrogens with two attached hydrogens (primary N) is 1. The van der Waals surface area contributed by atoms with Crippen LogP contribution in [-0.4, -0.2) is 108 Å². The van der Waals surface area contributed by atoms with Crippen LogP contribution in [0.25, 0.3) is 11.0 Å². The number of hydrogen-bond donors (Lipinski definition) is 6. The van der Waals surface area contributed by atoms with E-state index in [0.29, 0.717) is 23.9 Å². The Hall–Kier alpha value is -2.15. The van der Waals surface area contributed by atoms with Crippen LogP contribution in [0.3, 0.4) is 0 Å². The van der Waals surface area contributed by atoms with Crippen molar-refractivity contribution in [1.29, 1.82) is 0 Å². The molecule has 2 heterocycles. The second kappa shape index (κ2) is 12.9. The van der Waals surface area contributed by atoms with Gasteiger partial charge in [-0.05, 0) is 42.5 Å². The minimum Gasteiger partial charge on any atom is -0.481 e. The quantitative estimate of drug-likeness (QED) is 0.232. The third kappa shape index (κ3) is 7.70. The zero-order chi connectivity index (χ0) is 22.5. The summed E-state index contributed by atoms with van der Waals surface area (Å²) >= 11 is 0. The Morgan fingerprint density at radius 2 is 1.76 bits per heavy atom. The van der Waals surface area contributed by atoms with Crippen molar-refractivity contribution in [2.75, 3.05) is 5.73 Å². The van der Waals surface area contributed by atoms with E-state index in [1.807, 2.05) is 0 Å². The first kappa shape index (κ1) is 28.9. The van der Waals surface area contributed by atoms with Crippen LogP contribution in [-0.2, 0) is 22.4 Å². The summed E-state index contributed by atoms with van der Waals surface area (Å²) in [5.41, 5.74) is 7.59. The Morgan fingerprint density at radius 3 is 2.36 bits per heavy atom. The van der Waals surface area contributed by atoms with Crippen molar-refractivity contribution in [3.63, 3.8) is 0 Å². The third-order valence-corrected chi connectivity index (χ3v) is 4.79. The number of amides is 1. The number of H-pyrrole nitrogens is 2. The number of hydrogen-bond acceptors (Lipinski definition) is 6. The van der Waals surface area contributed by atoms with Gasteiger partial charge < -0.3 is 26.2 Å². The molecule has 0 saturated carbocycles. The van der Waals surface area contributed by atoms with Gasteiger partial charge in [0, 0.05) is 77.3 Å². The number of aryl methyl sites for hydroxylation is 2. The van der Waals surface area contributed by atoms with E-state index in [4.69, 9.17) is 15.9 Å². The summed E-state index contributed by atoms with van der Waals surface area (Å²) in [7, 11) is 0. The van der Waals surface area contributed by atoms with Gasteiger partial charge >= 0.3 is 11.9 Å².